The van der Waals surface area contributed by atoms with Crippen LogP contribution < -0.4 is 7.73 Å². The van der Waals surface area contributed by atoms with Crippen molar-refractivity contribution in [3.05, 3.63) is 0 Å². The first-order valence-electron chi connectivity index (χ1n) is 0.463. The molecule has 0 saturated heterocycles. The molecule has 0 aromatic rings. The standard InChI is InChI=1S/3O.Tc/q;2*-1;. The van der Waals surface area contributed by atoms with E-state index in [1.54, 1.807) is 0 Å². The van der Waals surface area contributed by atoms with Gasteiger partial charge in [0.2, 0.25) is 0 Å². The van der Waals surface area contributed by atoms with Gasteiger partial charge < -0.3 is 0 Å². The first-order chi connectivity index (χ1) is 1.73. The Morgan fingerprint density at radius 1 is 1.50 bits per heavy atom. The zero-order valence-corrected chi connectivity index (χ0v) is 3.46. The quantitative estimate of drug-likeness (QED) is 0.379. The zero-order chi connectivity index (χ0) is 3.58. The summed E-state index contributed by atoms with van der Waals surface area (Å²) in [6.45, 7) is 0. The molecule has 0 aromatic carbocycles. The van der Waals surface area contributed by atoms with Gasteiger partial charge in [0, 0.05) is 0 Å². The molecule has 4 heteroatoms. The van der Waals surface area contributed by atoms with Gasteiger partial charge in [-0.2, -0.15) is 0 Å². The predicted molar refractivity (Wildman–Crippen MR) is 0.686 cm³/mol. The topological polar surface area (TPSA) is 63.2 Å². The fourth-order valence-electron chi connectivity index (χ4n) is 0. The molecule has 0 atom stereocenters. The molecule has 27 valence electrons. The van der Waals surface area contributed by atoms with Crippen LogP contribution in [0.1, 0.15) is 0 Å². The number of hydrogen-bond acceptors (Lipinski definition) is 3. The van der Waals surface area contributed by atoms with Crippen LogP contribution in [0.15, 0.2) is 0 Å². The molecule has 0 N–H and O–H groups in total. The maximum atomic E-state index is 8.57. The molecule has 0 unspecified atom stereocenters. The Bertz CT molecular complexity index is 26.3. The van der Waals surface area contributed by atoms with Gasteiger partial charge in [-0.3, -0.25) is 0 Å². The number of rotatable bonds is 0. The molecule has 0 heterocycles. The van der Waals surface area contributed by atoms with E-state index in [1.807, 2.05) is 0 Å². The van der Waals surface area contributed by atoms with E-state index in [9.17, 15) is 0 Å². The van der Waals surface area contributed by atoms with Crippen LogP contribution >= 0.6 is 0 Å². The Kier molecular flexibility index (Phi) is 1.82. The van der Waals surface area contributed by atoms with Crippen molar-refractivity contribution in [2.24, 2.45) is 0 Å². The Labute approximate surface area is 29.2 Å². The Hall–Kier alpha value is 0.369. The normalized spacial score (nSPS) is 8.75. The molecule has 0 amide bonds. The molecular weight excluding hydrogens is 146 g/mol. The van der Waals surface area contributed by atoms with Crippen molar-refractivity contribution in [2.45, 2.75) is 0 Å². The Balaban J connectivity index is 2.80. The minimum absolute atomic E-state index is 4.01. The molecular formula is O3Tc-2. The van der Waals surface area contributed by atoms with Crippen LogP contribution in [0.25, 0.3) is 0 Å². The van der Waals surface area contributed by atoms with Crippen molar-refractivity contribution < 1.29 is 28.4 Å². The van der Waals surface area contributed by atoms with Crippen LogP contribution in [0, 0.1) is 0 Å². The van der Waals surface area contributed by atoms with E-state index in [1.165, 1.54) is 0 Å². The summed E-state index contributed by atoms with van der Waals surface area (Å²) in [7, 11) is 0. The average Bonchev–Trinajstić information content (AvgIpc) is 0.811. The maximum absolute atomic E-state index is 8.57. The predicted octanol–water partition coefficient (Wildman–Crippen LogP) is -2.50. The summed E-state index contributed by atoms with van der Waals surface area (Å²) < 4.78 is 25.7. The van der Waals surface area contributed by atoms with Gasteiger partial charge in [-0.05, 0) is 0 Å². The molecule has 0 fully saturated rings. The Morgan fingerprint density at radius 3 is 1.50 bits per heavy atom. The summed E-state index contributed by atoms with van der Waals surface area (Å²) in [6, 6.07) is 0. The molecule has 0 aliphatic carbocycles. The molecule has 0 aromatic heterocycles. The summed E-state index contributed by atoms with van der Waals surface area (Å²) in [4.78, 5) is 0. The molecule has 0 bridgehead atoms. The van der Waals surface area contributed by atoms with Crippen LogP contribution in [-0.4, -0.2) is 0 Å². The van der Waals surface area contributed by atoms with E-state index in [-0.39, 0.29) is 0 Å². The third-order valence-electron chi connectivity index (χ3n) is 0. The summed E-state index contributed by atoms with van der Waals surface area (Å²) in [6.07, 6.45) is 0. The number of hydrogen-bond donors (Lipinski definition) is 0. The third kappa shape index (κ3) is 32.6. The van der Waals surface area contributed by atoms with E-state index in [4.69, 9.17) is 11.2 Å². The monoisotopic (exact) mass is 145 g/mol. The summed E-state index contributed by atoms with van der Waals surface area (Å²) in [5.41, 5.74) is 0. The summed E-state index contributed by atoms with van der Waals surface area (Å²) >= 11 is -4.01. The molecule has 4 heavy (non-hydrogen) atoms. The third-order valence-corrected chi connectivity index (χ3v) is 0. The van der Waals surface area contributed by atoms with E-state index in [0.717, 1.165) is 0 Å². The van der Waals surface area contributed by atoms with Crippen molar-refractivity contribution in [3.63, 3.8) is 0 Å². The van der Waals surface area contributed by atoms with Gasteiger partial charge in [-0.25, -0.2) is 0 Å². The second kappa shape index (κ2) is 1.67. The van der Waals surface area contributed by atoms with E-state index in [2.05, 4.69) is 0 Å². The van der Waals surface area contributed by atoms with Crippen LogP contribution in [0.2, 0.25) is 0 Å². The zero-order valence-electron chi connectivity index (χ0n) is 1.60. The molecule has 0 saturated carbocycles. The molecule has 0 radical (unpaired) electrons. The fraction of sp³-hybridized carbons (Fsp3) is 0. The van der Waals surface area contributed by atoms with Gasteiger partial charge in [0.05, 0.1) is 0 Å². The van der Waals surface area contributed by atoms with Crippen LogP contribution in [0.4, 0.5) is 0 Å². The van der Waals surface area contributed by atoms with Gasteiger partial charge in [-0.15, -0.1) is 0 Å². The van der Waals surface area contributed by atoms with Gasteiger partial charge in [0.25, 0.3) is 0 Å². The first-order valence-corrected chi connectivity index (χ1v) is 2.74. The fourth-order valence-corrected chi connectivity index (χ4v) is 0. The van der Waals surface area contributed by atoms with Gasteiger partial charge in [0.15, 0.2) is 0 Å². The molecule has 0 spiro atoms. The molecule has 0 rings (SSSR count). The van der Waals surface area contributed by atoms with Crippen LogP contribution in [-0.2, 0) is 20.7 Å². The molecule has 3 nitrogen and oxygen atoms in total. The van der Waals surface area contributed by atoms with Crippen LogP contribution in [0.3, 0.4) is 0 Å². The van der Waals surface area contributed by atoms with E-state index < -0.39 is 17.2 Å². The molecule has 0 aliphatic rings. The van der Waals surface area contributed by atoms with Crippen molar-refractivity contribution in [1.29, 1.82) is 0 Å². The van der Waals surface area contributed by atoms with Gasteiger partial charge in [-0.1, -0.05) is 0 Å². The second-order valence-electron chi connectivity index (χ2n) is 0.189. The minimum atomic E-state index is -4.01. The summed E-state index contributed by atoms with van der Waals surface area (Å²) in [5, 5.41) is 0. The van der Waals surface area contributed by atoms with Crippen LogP contribution in [0.5, 0.6) is 0 Å². The van der Waals surface area contributed by atoms with Crippen molar-refractivity contribution >= 4 is 0 Å². The Morgan fingerprint density at radius 2 is 1.50 bits per heavy atom. The average molecular weight is 146 g/mol. The first kappa shape index (κ1) is 4.37. The summed E-state index contributed by atoms with van der Waals surface area (Å²) in [5.74, 6) is 0. The van der Waals surface area contributed by atoms with E-state index in [0.29, 0.717) is 0 Å². The second-order valence-corrected chi connectivity index (χ2v) is 1.12. The van der Waals surface area contributed by atoms with Gasteiger partial charge >= 0.3 is 28.4 Å². The van der Waals surface area contributed by atoms with Crippen molar-refractivity contribution in [2.75, 3.05) is 0 Å². The van der Waals surface area contributed by atoms with Gasteiger partial charge in [0.1, 0.15) is 0 Å². The molecule has 0 aliphatic heterocycles. The van der Waals surface area contributed by atoms with E-state index >= 15 is 0 Å². The van der Waals surface area contributed by atoms with Crippen molar-refractivity contribution in [1.82, 2.24) is 0 Å². The van der Waals surface area contributed by atoms with Crippen molar-refractivity contribution in [3.8, 4) is 0 Å². The SMILES string of the molecule is [O]=[Tc]([O-])[O-].